The molecule has 3 rings (SSSR count). The zero-order valence-electron chi connectivity index (χ0n) is 12.7. The molecule has 21 heavy (non-hydrogen) atoms. The summed E-state index contributed by atoms with van der Waals surface area (Å²) in [6.45, 7) is 4.46. The van der Waals surface area contributed by atoms with Gasteiger partial charge in [0, 0.05) is 12.1 Å². The molecule has 0 bridgehead atoms. The molecule has 0 saturated heterocycles. The lowest BCUT2D eigenvalue weighted by Crippen LogP contribution is -2.37. The fourth-order valence-electron chi connectivity index (χ4n) is 3.09. The summed E-state index contributed by atoms with van der Waals surface area (Å²) in [5.74, 6) is 1.47. The highest BCUT2D eigenvalue weighted by atomic mass is 32.1. The van der Waals surface area contributed by atoms with Crippen LogP contribution in [0.4, 0.5) is 10.9 Å². The van der Waals surface area contributed by atoms with Crippen LogP contribution in [-0.2, 0) is 0 Å². The summed E-state index contributed by atoms with van der Waals surface area (Å²) in [6.07, 6.45) is 5.86. The van der Waals surface area contributed by atoms with Crippen LogP contribution in [0.2, 0.25) is 0 Å². The Morgan fingerprint density at radius 2 is 2.05 bits per heavy atom. The van der Waals surface area contributed by atoms with Crippen LogP contribution in [0.3, 0.4) is 0 Å². The predicted octanol–water partition coefficient (Wildman–Crippen LogP) is 2.85. The fourth-order valence-corrected chi connectivity index (χ4v) is 3.95. The molecule has 5 nitrogen and oxygen atoms in total. The molecule has 0 spiro atoms. The Labute approximate surface area is 129 Å². The standard InChI is InChI=1S/C15H24N4OS/c1-8-6-7-11(9(8)2)18-14(20)12-13(16)19-15(21-12)17-10-4-3-5-10/h8-11H,3-7,16H2,1-2H3,(H,17,19)(H,18,20). The van der Waals surface area contributed by atoms with Gasteiger partial charge in [-0.1, -0.05) is 25.2 Å². The van der Waals surface area contributed by atoms with E-state index in [1.54, 1.807) is 0 Å². The van der Waals surface area contributed by atoms with Crippen molar-refractivity contribution in [2.75, 3.05) is 11.1 Å². The van der Waals surface area contributed by atoms with E-state index in [1.807, 2.05) is 0 Å². The molecule has 2 fully saturated rings. The Bertz CT molecular complexity index is 526. The van der Waals surface area contributed by atoms with Gasteiger partial charge in [0.1, 0.15) is 10.7 Å². The van der Waals surface area contributed by atoms with Gasteiger partial charge in [-0.05, 0) is 43.9 Å². The summed E-state index contributed by atoms with van der Waals surface area (Å²) < 4.78 is 0. The van der Waals surface area contributed by atoms with Crippen LogP contribution in [0.1, 0.15) is 55.6 Å². The number of nitrogens with zero attached hydrogens (tertiary/aromatic N) is 1. The summed E-state index contributed by atoms with van der Waals surface area (Å²) in [5, 5.41) is 7.26. The first-order valence-electron chi connectivity index (χ1n) is 7.88. The fraction of sp³-hybridized carbons (Fsp3) is 0.733. The molecule has 3 atom stereocenters. The molecule has 0 aliphatic heterocycles. The van der Waals surface area contributed by atoms with E-state index in [1.165, 1.54) is 37.0 Å². The molecular formula is C15H24N4OS. The molecule has 0 aromatic carbocycles. The number of nitrogens with two attached hydrogens (primary N) is 1. The van der Waals surface area contributed by atoms with Gasteiger partial charge < -0.3 is 16.4 Å². The second-order valence-electron chi connectivity index (χ2n) is 6.50. The monoisotopic (exact) mass is 308 g/mol. The lowest BCUT2D eigenvalue weighted by atomic mass is 9.93. The molecular weight excluding hydrogens is 284 g/mol. The number of nitrogen functional groups attached to an aromatic ring is 1. The molecule has 3 unspecified atom stereocenters. The van der Waals surface area contributed by atoms with Crippen LogP contribution in [0, 0.1) is 11.8 Å². The predicted molar refractivity (Wildman–Crippen MR) is 86.6 cm³/mol. The number of carbonyl (C=O) groups excluding carboxylic acids is 1. The van der Waals surface area contributed by atoms with Crippen LogP contribution in [0.5, 0.6) is 0 Å². The Morgan fingerprint density at radius 3 is 2.62 bits per heavy atom. The van der Waals surface area contributed by atoms with Crippen molar-refractivity contribution in [3.05, 3.63) is 4.88 Å². The summed E-state index contributed by atoms with van der Waals surface area (Å²) >= 11 is 1.37. The lowest BCUT2D eigenvalue weighted by molar-refractivity contribution is 0.0932. The van der Waals surface area contributed by atoms with Crippen LogP contribution in [0.25, 0.3) is 0 Å². The average Bonchev–Trinajstić information content (AvgIpc) is 2.91. The van der Waals surface area contributed by atoms with Crippen molar-refractivity contribution in [1.29, 1.82) is 0 Å². The zero-order chi connectivity index (χ0) is 15.0. The Morgan fingerprint density at radius 1 is 1.29 bits per heavy atom. The first kappa shape index (κ1) is 14.6. The topological polar surface area (TPSA) is 80.0 Å². The van der Waals surface area contributed by atoms with E-state index in [4.69, 9.17) is 5.73 Å². The van der Waals surface area contributed by atoms with Crippen molar-refractivity contribution >= 4 is 28.2 Å². The largest absolute Gasteiger partial charge is 0.382 e. The van der Waals surface area contributed by atoms with E-state index in [0.717, 1.165) is 11.6 Å². The second kappa shape index (κ2) is 5.83. The van der Waals surface area contributed by atoms with E-state index in [9.17, 15) is 4.79 Å². The maximum absolute atomic E-state index is 12.4. The minimum Gasteiger partial charge on any atom is -0.382 e. The minimum absolute atomic E-state index is 0.0717. The van der Waals surface area contributed by atoms with Crippen molar-refractivity contribution < 1.29 is 4.79 Å². The van der Waals surface area contributed by atoms with Crippen LogP contribution in [-0.4, -0.2) is 23.0 Å². The molecule has 1 aromatic heterocycles. The third kappa shape index (κ3) is 3.00. The quantitative estimate of drug-likeness (QED) is 0.799. The summed E-state index contributed by atoms with van der Waals surface area (Å²) in [7, 11) is 0. The highest BCUT2D eigenvalue weighted by Crippen LogP contribution is 2.33. The Hall–Kier alpha value is -1.30. The van der Waals surface area contributed by atoms with E-state index in [0.29, 0.717) is 28.6 Å². The minimum atomic E-state index is -0.0717. The number of nitrogens with one attached hydrogen (secondary N) is 2. The van der Waals surface area contributed by atoms with Crippen molar-refractivity contribution in [2.45, 2.75) is 58.0 Å². The Kier molecular flexibility index (Phi) is 4.06. The molecule has 2 saturated carbocycles. The van der Waals surface area contributed by atoms with Gasteiger partial charge >= 0.3 is 0 Å². The third-order valence-electron chi connectivity index (χ3n) is 5.07. The number of amides is 1. The zero-order valence-corrected chi connectivity index (χ0v) is 13.5. The number of hydrogen-bond donors (Lipinski definition) is 3. The van der Waals surface area contributed by atoms with Gasteiger partial charge in [-0.15, -0.1) is 0 Å². The molecule has 6 heteroatoms. The maximum atomic E-state index is 12.4. The van der Waals surface area contributed by atoms with Gasteiger partial charge in [0.15, 0.2) is 5.13 Å². The number of hydrogen-bond acceptors (Lipinski definition) is 5. The summed E-state index contributed by atoms with van der Waals surface area (Å²) in [4.78, 5) is 17.2. The maximum Gasteiger partial charge on any atom is 0.265 e. The van der Waals surface area contributed by atoms with Crippen LogP contribution < -0.4 is 16.4 Å². The van der Waals surface area contributed by atoms with E-state index >= 15 is 0 Å². The SMILES string of the molecule is CC1CCC(NC(=O)c2sc(NC3CCC3)nc2N)C1C. The van der Waals surface area contributed by atoms with E-state index in [-0.39, 0.29) is 11.9 Å². The number of anilines is 2. The average molecular weight is 308 g/mol. The van der Waals surface area contributed by atoms with Crippen molar-refractivity contribution in [1.82, 2.24) is 10.3 Å². The molecule has 4 N–H and O–H groups in total. The van der Waals surface area contributed by atoms with Gasteiger partial charge in [0.2, 0.25) is 0 Å². The third-order valence-corrected chi connectivity index (χ3v) is 6.08. The van der Waals surface area contributed by atoms with Gasteiger partial charge in [0.05, 0.1) is 0 Å². The second-order valence-corrected chi connectivity index (χ2v) is 7.50. The van der Waals surface area contributed by atoms with Gasteiger partial charge in [-0.25, -0.2) is 4.98 Å². The molecule has 116 valence electrons. The lowest BCUT2D eigenvalue weighted by Gasteiger charge is -2.25. The first-order chi connectivity index (χ1) is 10.0. The summed E-state index contributed by atoms with van der Waals surface area (Å²) in [5.41, 5.74) is 5.91. The van der Waals surface area contributed by atoms with Crippen molar-refractivity contribution in [3.8, 4) is 0 Å². The number of carbonyl (C=O) groups is 1. The molecule has 1 aromatic rings. The normalized spacial score (nSPS) is 29.1. The Balaban J connectivity index is 1.64. The molecule has 0 radical (unpaired) electrons. The highest BCUT2D eigenvalue weighted by molar-refractivity contribution is 7.18. The number of aromatic nitrogens is 1. The number of thiazole rings is 1. The van der Waals surface area contributed by atoms with Gasteiger partial charge in [-0.2, -0.15) is 0 Å². The van der Waals surface area contributed by atoms with E-state index < -0.39 is 0 Å². The molecule has 1 heterocycles. The molecule has 1 amide bonds. The first-order valence-corrected chi connectivity index (χ1v) is 8.70. The smallest absolute Gasteiger partial charge is 0.265 e. The molecule has 2 aliphatic carbocycles. The van der Waals surface area contributed by atoms with Gasteiger partial charge in [-0.3, -0.25) is 4.79 Å². The van der Waals surface area contributed by atoms with E-state index in [2.05, 4.69) is 29.5 Å². The van der Waals surface area contributed by atoms with Crippen molar-refractivity contribution in [2.24, 2.45) is 11.8 Å². The summed E-state index contributed by atoms with van der Waals surface area (Å²) in [6, 6.07) is 0.763. The van der Waals surface area contributed by atoms with Crippen LogP contribution >= 0.6 is 11.3 Å². The highest BCUT2D eigenvalue weighted by Gasteiger charge is 2.32. The van der Waals surface area contributed by atoms with Gasteiger partial charge in [0.25, 0.3) is 5.91 Å². The number of rotatable bonds is 4. The van der Waals surface area contributed by atoms with Crippen LogP contribution in [0.15, 0.2) is 0 Å². The van der Waals surface area contributed by atoms with Crippen molar-refractivity contribution in [3.63, 3.8) is 0 Å². The molecule has 2 aliphatic rings.